The number of nitrogens with zero attached hydrogens (tertiary/aromatic N) is 1. The summed E-state index contributed by atoms with van der Waals surface area (Å²) in [7, 11) is 1.50. The third-order valence-electron chi connectivity index (χ3n) is 7.62. The summed E-state index contributed by atoms with van der Waals surface area (Å²) in [5, 5.41) is 2.06. The van der Waals surface area contributed by atoms with Gasteiger partial charge < -0.3 is 23.8 Å². The minimum atomic E-state index is -0.703. The van der Waals surface area contributed by atoms with Crippen molar-refractivity contribution >= 4 is 40.1 Å². The predicted molar refractivity (Wildman–Crippen MR) is 171 cm³/mol. The van der Waals surface area contributed by atoms with Crippen LogP contribution in [-0.4, -0.2) is 43.9 Å². The number of benzene rings is 5. The average Bonchev–Trinajstić information content (AvgIpc) is 3.49. The maximum atomic E-state index is 12.8. The fourth-order valence-corrected chi connectivity index (χ4v) is 5.18. The monoisotopic (exact) mass is 615 g/mol. The quantitative estimate of drug-likeness (QED) is 0.0978. The van der Waals surface area contributed by atoms with E-state index in [2.05, 4.69) is 0 Å². The molecular formula is C37H29NO8. The lowest BCUT2D eigenvalue weighted by Crippen LogP contribution is -2.27. The normalized spacial score (nSPS) is 14.2. The van der Waals surface area contributed by atoms with Crippen molar-refractivity contribution in [2.75, 3.05) is 25.2 Å². The van der Waals surface area contributed by atoms with Crippen LogP contribution < -0.4 is 19.1 Å². The van der Waals surface area contributed by atoms with Crippen LogP contribution in [0.15, 0.2) is 115 Å². The molecule has 1 aliphatic rings. The van der Waals surface area contributed by atoms with Crippen LogP contribution in [0.1, 0.15) is 27.1 Å². The Morgan fingerprint density at radius 2 is 1.48 bits per heavy atom. The van der Waals surface area contributed by atoms with Gasteiger partial charge in [-0.15, -0.1) is 0 Å². The molecule has 0 aliphatic carbocycles. The Balaban J connectivity index is 1.00. The van der Waals surface area contributed by atoms with E-state index in [1.54, 1.807) is 48.5 Å². The van der Waals surface area contributed by atoms with Gasteiger partial charge in [-0.2, -0.15) is 0 Å². The van der Waals surface area contributed by atoms with Gasteiger partial charge in [0.25, 0.3) is 0 Å². The molecule has 0 saturated carbocycles. The van der Waals surface area contributed by atoms with E-state index in [1.165, 1.54) is 36.3 Å². The minimum Gasteiger partial charge on any atom is -0.497 e. The number of carbonyl (C=O) groups is 4. The largest absolute Gasteiger partial charge is 0.497 e. The molecule has 1 atom stereocenters. The number of hydrogen-bond acceptors (Lipinski definition) is 8. The highest BCUT2D eigenvalue weighted by molar-refractivity contribution is 6.01. The first kappa shape index (κ1) is 30.1. The molecule has 1 aliphatic heterocycles. The molecular weight excluding hydrogens is 586 g/mol. The molecule has 9 heteroatoms. The van der Waals surface area contributed by atoms with Crippen molar-refractivity contribution < 1.29 is 38.1 Å². The van der Waals surface area contributed by atoms with E-state index >= 15 is 0 Å². The zero-order chi connectivity index (χ0) is 32.0. The van der Waals surface area contributed by atoms with Crippen molar-refractivity contribution in [3.05, 3.63) is 126 Å². The summed E-state index contributed by atoms with van der Waals surface area (Å²) >= 11 is 0. The number of esters is 2. The zero-order valence-corrected chi connectivity index (χ0v) is 24.9. The standard InChI is InChI=1S/C37H29NO8/c1-43-31-9-4-8-26(20-31)37(42)46-30-16-12-25(13-17-30)33(39)23-44-36(41)27-21-35(40)38(22-27)28-14-18-29(19-15-28)45-34-11-5-7-24-6-2-3-10-32(24)34/h2-20,27H,21-23H2,1H3/t27-/m0/s1. The Morgan fingerprint density at radius 3 is 2.26 bits per heavy atom. The molecule has 230 valence electrons. The number of ketones is 1. The molecule has 1 fully saturated rings. The van der Waals surface area contributed by atoms with E-state index in [-0.39, 0.29) is 30.2 Å². The fourth-order valence-electron chi connectivity index (χ4n) is 5.18. The van der Waals surface area contributed by atoms with Crippen LogP contribution in [0.3, 0.4) is 0 Å². The first-order chi connectivity index (χ1) is 22.4. The highest BCUT2D eigenvalue weighted by Crippen LogP contribution is 2.32. The van der Waals surface area contributed by atoms with E-state index in [0.29, 0.717) is 22.7 Å². The lowest BCUT2D eigenvalue weighted by molar-refractivity contribution is -0.147. The third-order valence-corrected chi connectivity index (χ3v) is 7.62. The van der Waals surface area contributed by atoms with Crippen molar-refractivity contribution in [2.45, 2.75) is 6.42 Å². The van der Waals surface area contributed by atoms with Gasteiger partial charge in [0.05, 0.1) is 18.6 Å². The lowest BCUT2D eigenvalue weighted by Gasteiger charge is -2.17. The number of anilines is 1. The summed E-state index contributed by atoms with van der Waals surface area (Å²) in [6.07, 6.45) is -0.0192. The average molecular weight is 616 g/mol. The van der Waals surface area contributed by atoms with E-state index in [1.807, 2.05) is 42.5 Å². The van der Waals surface area contributed by atoms with Gasteiger partial charge in [-0.3, -0.25) is 14.4 Å². The summed E-state index contributed by atoms with van der Waals surface area (Å²) in [5.41, 5.74) is 1.23. The maximum Gasteiger partial charge on any atom is 0.343 e. The second-order valence-corrected chi connectivity index (χ2v) is 10.7. The first-order valence-electron chi connectivity index (χ1n) is 14.6. The van der Waals surface area contributed by atoms with Crippen molar-refractivity contribution in [1.29, 1.82) is 0 Å². The molecule has 1 amide bonds. The summed E-state index contributed by atoms with van der Waals surface area (Å²) in [6, 6.07) is 33.4. The van der Waals surface area contributed by atoms with Gasteiger partial charge in [-0.05, 0) is 78.2 Å². The number of Topliss-reactive ketones (excluding diaryl/α,β-unsaturated/α-hetero) is 1. The Hall–Kier alpha value is -5.96. The number of carbonyl (C=O) groups excluding carboxylic acids is 4. The van der Waals surface area contributed by atoms with Crippen LogP contribution in [0.25, 0.3) is 10.8 Å². The Bertz CT molecular complexity index is 1910. The summed E-state index contributed by atoms with van der Waals surface area (Å²) < 4.78 is 21.9. The molecule has 0 N–H and O–H groups in total. The number of methoxy groups -OCH3 is 1. The molecule has 0 spiro atoms. The van der Waals surface area contributed by atoms with E-state index in [4.69, 9.17) is 18.9 Å². The molecule has 5 aromatic rings. The minimum absolute atomic E-state index is 0.0192. The van der Waals surface area contributed by atoms with Crippen molar-refractivity contribution in [3.63, 3.8) is 0 Å². The molecule has 0 radical (unpaired) electrons. The van der Waals surface area contributed by atoms with Crippen molar-refractivity contribution in [3.8, 4) is 23.0 Å². The molecule has 9 nitrogen and oxygen atoms in total. The predicted octanol–water partition coefficient (Wildman–Crippen LogP) is 6.64. The lowest BCUT2D eigenvalue weighted by atomic mass is 10.1. The highest BCUT2D eigenvalue weighted by Gasteiger charge is 2.36. The van der Waals surface area contributed by atoms with Crippen LogP contribution in [0, 0.1) is 5.92 Å². The summed E-state index contributed by atoms with van der Waals surface area (Å²) in [5.74, 6) is -0.423. The van der Waals surface area contributed by atoms with Gasteiger partial charge in [0.1, 0.15) is 23.0 Å². The number of amides is 1. The van der Waals surface area contributed by atoms with Crippen LogP contribution in [0.4, 0.5) is 5.69 Å². The van der Waals surface area contributed by atoms with E-state index < -0.39 is 30.2 Å². The third kappa shape index (κ3) is 6.73. The number of rotatable bonds is 10. The summed E-state index contributed by atoms with van der Waals surface area (Å²) in [6.45, 7) is -0.338. The van der Waals surface area contributed by atoms with Crippen molar-refractivity contribution in [2.24, 2.45) is 5.92 Å². The molecule has 0 unspecified atom stereocenters. The fraction of sp³-hybridized carbons (Fsp3) is 0.135. The number of fused-ring (bicyclic) bond motifs is 1. The molecule has 6 rings (SSSR count). The highest BCUT2D eigenvalue weighted by atomic mass is 16.5. The van der Waals surface area contributed by atoms with Crippen LogP contribution in [-0.2, 0) is 14.3 Å². The zero-order valence-electron chi connectivity index (χ0n) is 24.9. The second kappa shape index (κ2) is 13.4. The SMILES string of the molecule is COc1cccc(C(=O)Oc2ccc(C(=O)COC(=O)[C@H]3CC(=O)N(c4ccc(Oc5cccc6ccccc56)cc4)C3)cc2)c1. The van der Waals surface area contributed by atoms with Crippen molar-refractivity contribution in [1.82, 2.24) is 0 Å². The molecule has 1 saturated heterocycles. The number of hydrogen-bond donors (Lipinski definition) is 0. The molecule has 5 aromatic carbocycles. The van der Waals surface area contributed by atoms with Crippen LogP contribution in [0.2, 0.25) is 0 Å². The van der Waals surface area contributed by atoms with Gasteiger partial charge in [-0.1, -0.05) is 42.5 Å². The Morgan fingerprint density at radius 1 is 0.761 bits per heavy atom. The Kier molecular flexibility index (Phi) is 8.73. The topological polar surface area (TPSA) is 108 Å². The van der Waals surface area contributed by atoms with Gasteiger partial charge in [0, 0.05) is 29.6 Å². The van der Waals surface area contributed by atoms with Crippen LogP contribution >= 0.6 is 0 Å². The second-order valence-electron chi connectivity index (χ2n) is 10.7. The Labute approximate surface area is 264 Å². The number of ether oxygens (including phenoxy) is 4. The van der Waals surface area contributed by atoms with E-state index in [9.17, 15) is 19.2 Å². The van der Waals surface area contributed by atoms with E-state index in [0.717, 1.165) is 16.5 Å². The molecule has 0 bridgehead atoms. The van der Waals surface area contributed by atoms with Crippen LogP contribution in [0.5, 0.6) is 23.0 Å². The molecule has 1 heterocycles. The van der Waals surface area contributed by atoms with Gasteiger partial charge in [0.2, 0.25) is 5.91 Å². The van der Waals surface area contributed by atoms with Gasteiger partial charge in [-0.25, -0.2) is 4.79 Å². The smallest absolute Gasteiger partial charge is 0.343 e. The maximum absolute atomic E-state index is 12.8. The van der Waals surface area contributed by atoms with Gasteiger partial charge in [0.15, 0.2) is 12.4 Å². The molecule has 46 heavy (non-hydrogen) atoms. The summed E-state index contributed by atoms with van der Waals surface area (Å²) in [4.78, 5) is 52.2. The molecule has 0 aromatic heterocycles. The van der Waals surface area contributed by atoms with Gasteiger partial charge >= 0.3 is 11.9 Å². The first-order valence-corrected chi connectivity index (χ1v) is 14.6.